The van der Waals surface area contributed by atoms with Crippen molar-refractivity contribution >= 4 is 17.6 Å². The summed E-state index contributed by atoms with van der Waals surface area (Å²) in [6, 6.07) is 9.44. The minimum absolute atomic E-state index is 0.0464. The highest BCUT2D eigenvalue weighted by Gasteiger charge is 2.39. The molecule has 1 atom stereocenters. The van der Waals surface area contributed by atoms with Crippen LogP contribution in [0.3, 0.4) is 0 Å². The molecule has 1 saturated carbocycles. The van der Waals surface area contributed by atoms with Crippen molar-refractivity contribution in [3.63, 3.8) is 0 Å². The van der Waals surface area contributed by atoms with Gasteiger partial charge < -0.3 is 19.9 Å². The fraction of sp³-hybridized carbons (Fsp3) is 0.636. The third-order valence-electron chi connectivity index (χ3n) is 6.44. The van der Waals surface area contributed by atoms with Gasteiger partial charge in [0.15, 0.2) is 0 Å². The number of carbonyl (C=O) groups excluding carboxylic acids is 2. The van der Waals surface area contributed by atoms with E-state index in [4.69, 9.17) is 4.74 Å². The van der Waals surface area contributed by atoms with Gasteiger partial charge in [-0.15, -0.1) is 0 Å². The predicted octanol–water partition coefficient (Wildman–Crippen LogP) is 2.25. The number of morpholine rings is 1. The van der Waals surface area contributed by atoms with Gasteiger partial charge in [0, 0.05) is 45.0 Å². The van der Waals surface area contributed by atoms with Gasteiger partial charge in [-0.25, -0.2) is 4.79 Å². The first-order chi connectivity index (χ1) is 14.2. The summed E-state index contributed by atoms with van der Waals surface area (Å²) < 4.78 is 5.43. The number of piperazine rings is 1. The molecule has 1 aromatic rings. The largest absolute Gasteiger partial charge is 0.378 e. The van der Waals surface area contributed by atoms with Crippen LogP contribution >= 0.6 is 0 Å². The molecule has 0 bridgehead atoms. The molecule has 29 heavy (non-hydrogen) atoms. The standard InChI is InChI=1S/C22H32N4O3/c27-21(25-14-16-29-17-15-25)20(18-6-4-5-7-18)24-10-12-26(13-11-24)22(28)23-19-8-2-1-3-9-19/h1-3,8-9,18,20H,4-7,10-17H2,(H,23,28). The Morgan fingerprint density at radius 2 is 1.55 bits per heavy atom. The summed E-state index contributed by atoms with van der Waals surface area (Å²) in [7, 11) is 0. The molecule has 1 aliphatic carbocycles. The zero-order valence-corrected chi connectivity index (χ0v) is 17.1. The number of nitrogens with zero attached hydrogens (tertiary/aromatic N) is 3. The zero-order chi connectivity index (χ0) is 20.1. The molecule has 0 radical (unpaired) electrons. The third-order valence-corrected chi connectivity index (χ3v) is 6.44. The monoisotopic (exact) mass is 400 g/mol. The quantitative estimate of drug-likeness (QED) is 0.842. The van der Waals surface area contributed by atoms with Crippen molar-refractivity contribution in [1.82, 2.24) is 14.7 Å². The molecule has 3 amide bonds. The Kier molecular flexibility index (Phi) is 6.67. The number of nitrogens with one attached hydrogen (secondary N) is 1. The number of carbonyl (C=O) groups is 2. The fourth-order valence-electron chi connectivity index (χ4n) is 4.83. The summed E-state index contributed by atoms with van der Waals surface area (Å²) in [5.41, 5.74) is 0.811. The molecule has 4 rings (SSSR count). The lowest BCUT2D eigenvalue weighted by Gasteiger charge is -2.42. The lowest BCUT2D eigenvalue weighted by Crippen LogP contribution is -2.59. The summed E-state index contributed by atoms with van der Waals surface area (Å²) in [6.07, 6.45) is 4.71. The molecule has 1 N–H and O–H groups in total. The van der Waals surface area contributed by atoms with E-state index < -0.39 is 0 Å². The molecular formula is C22H32N4O3. The van der Waals surface area contributed by atoms with Crippen LogP contribution in [0.1, 0.15) is 25.7 Å². The minimum Gasteiger partial charge on any atom is -0.378 e. The van der Waals surface area contributed by atoms with E-state index in [1.807, 2.05) is 40.1 Å². The molecule has 0 aromatic heterocycles. The smallest absolute Gasteiger partial charge is 0.321 e. The van der Waals surface area contributed by atoms with Crippen molar-refractivity contribution in [3.8, 4) is 0 Å². The summed E-state index contributed by atoms with van der Waals surface area (Å²) >= 11 is 0. The maximum atomic E-state index is 13.4. The van der Waals surface area contributed by atoms with Crippen molar-refractivity contribution in [2.75, 3.05) is 57.8 Å². The summed E-state index contributed by atoms with van der Waals surface area (Å²) in [6.45, 7) is 5.46. The lowest BCUT2D eigenvalue weighted by atomic mass is 9.94. The third kappa shape index (κ3) is 4.90. The van der Waals surface area contributed by atoms with E-state index in [0.29, 0.717) is 45.3 Å². The molecule has 1 unspecified atom stereocenters. The van der Waals surface area contributed by atoms with Crippen LogP contribution in [0.4, 0.5) is 10.5 Å². The Morgan fingerprint density at radius 1 is 0.897 bits per heavy atom. The second-order valence-corrected chi connectivity index (χ2v) is 8.25. The molecule has 0 spiro atoms. The van der Waals surface area contributed by atoms with Crippen molar-refractivity contribution in [3.05, 3.63) is 30.3 Å². The average molecular weight is 401 g/mol. The highest BCUT2D eigenvalue weighted by atomic mass is 16.5. The van der Waals surface area contributed by atoms with Gasteiger partial charge in [0.1, 0.15) is 0 Å². The molecule has 1 aromatic carbocycles. The number of rotatable bonds is 4. The van der Waals surface area contributed by atoms with Gasteiger partial charge in [-0.2, -0.15) is 0 Å². The Morgan fingerprint density at radius 3 is 2.21 bits per heavy atom. The topological polar surface area (TPSA) is 65.1 Å². The number of hydrogen-bond acceptors (Lipinski definition) is 4. The summed E-state index contributed by atoms with van der Waals surface area (Å²) in [5, 5.41) is 2.96. The average Bonchev–Trinajstić information content (AvgIpc) is 3.30. The minimum atomic E-state index is -0.0622. The number of anilines is 1. The first-order valence-corrected chi connectivity index (χ1v) is 10.9. The molecule has 2 saturated heterocycles. The number of amides is 3. The molecule has 3 aliphatic rings. The Bertz CT molecular complexity index is 679. The molecule has 3 fully saturated rings. The van der Waals surface area contributed by atoms with E-state index >= 15 is 0 Å². The van der Waals surface area contributed by atoms with E-state index in [9.17, 15) is 9.59 Å². The Labute approximate surface area is 173 Å². The van der Waals surface area contributed by atoms with Crippen LogP contribution < -0.4 is 5.32 Å². The normalized spacial score (nSPS) is 22.5. The second-order valence-electron chi connectivity index (χ2n) is 8.25. The predicted molar refractivity (Wildman–Crippen MR) is 112 cm³/mol. The van der Waals surface area contributed by atoms with E-state index in [2.05, 4.69) is 10.2 Å². The van der Waals surface area contributed by atoms with Crippen LogP contribution in [-0.4, -0.2) is 85.2 Å². The Balaban J connectivity index is 1.37. The molecule has 2 heterocycles. The first kappa shape index (κ1) is 20.2. The highest BCUT2D eigenvalue weighted by molar-refractivity contribution is 5.89. The highest BCUT2D eigenvalue weighted by Crippen LogP contribution is 2.32. The van der Waals surface area contributed by atoms with E-state index in [1.54, 1.807) is 0 Å². The van der Waals surface area contributed by atoms with Crippen LogP contribution in [0.15, 0.2) is 30.3 Å². The van der Waals surface area contributed by atoms with Crippen LogP contribution in [0.2, 0.25) is 0 Å². The first-order valence-electron chi connectivity index (χ1n) is 10.9. The van der Waals surface area contributed by atoms with Crippen molar-refractivity contribution in [2.45, 2.75) is 31.7 Å². The van der Waals surface area contributed by atoms with Gasteiger partial charge in [-0.05, 0) is 30.9 Å². The number of benzene rings is 1. The van der Waals surface area contributed by atoms with Crippen molar-refractivity contribution < 1.29 is 14.3 Å². The van der Waals surface area contributed by atoms with Crippen LogP contribution in [0.25, 0.3) is 0 Å². The molecule has 7 nitrogen and oxygen atoms in total. The maximum absolute atomic E-state index is 13.4. The number of ether oxygens (including phenoxy) is 1. The summed E-state index contributed by atoms with van der Waals surface area (Å²) in [5.74, 6) is 0.706. The van der Waals surface area contributed by atoms with Gasteiger partial charge in [-0.1, -0.05) is 31.0 Å². The van der Waals surface area contributed by atoms with Gasteiger partial charge in [-0.3, -0.25) is 9.69 Å². The number of para-hydroxylation sites is 1. The van der Waals surface area contributed by atoms with Gasteiger partial charge in [0.2, 0.25) is 5.91 Å². The van der Waals surface area contributed by atoms with Gasteiger partial charge in [0.05, 0.1) is 19.3 Å². The fourth-order valence-corrected chi connectivity index (χ4v) is 4.83. The molecule has 158 valence electrons. The van der Waals surface area contributed by atoms with Crippen LogP contribution in [-0.2, 0) is 9.53 Å². The van der Waals surface area contributed by atoms with Crippen molar-refractivity contribution in [1.29, 1.82) is 0 Å². The van der Waals surface area contributed by atoms with Crippen molar-refractivity contribution in [2.24, 2.45) is 5.92 Å². The van der Waals surface area contributed by atoms with E-state index in [0.717, 1.165) is 31.6 Å². The second kappa shape index (κ2) is 9.59. The van der Waals surface area contributed by atoms with Crippen LogP contribution in [0, 0.1) is 5.92 Å². The Hall–Kier alpha value is -2.12. The lowest BCUT2D eigenvalue weighted by molar-refractivity contribution is -0.144. The maximum Gasteiger partial charge on any atom is 0.321 e. The number of urea groups is 1. The molecule has 7 heteroatoms. The van der Waals surface area contributed by atoms with Gasteiger partial charge >= 0.3 is 6.03 Å². The number of hydrogen-bond donors (Lipinski definition) is 1. The van der Waals surface area contributed by atoms with E-state index in [1.165, 1.54) is 12.8 Å². The summed E-state index contributed by atoms with van der Waals surface area (Å²) in [4.78, 5) is 32.1. The SMILES string of the molecule is O=C(Nc1ccccc1)N1CCN(C(C(=O)N2CCOCC2)C2CCCC2)CC1. The van der Waals surface area contributed by atoms with E-state index in [-0.39, 0.29) is 18.0 Å². The van der Waals surface area contributed by atoms with Gasteiger partial charge in [0.25, 0.3) is 0 Å². The van der Waals surface area contributed by atoms with Crippen LogP contribution in [0.5, 0.6) is 0 Å². The zero-order valence-electron chi connectivity index (χ0n) is 17.1. The molecule has 2 aliphatic heterocycles. The molecular weight excluding hydrogens is 368 g/mol.